The van der Waals surface area contributed by atoms with E-state index in [1.807, 2.05) is 0 Å². The molecule has 1 aromatic carbocycles. The molecule has 0 aliphatic heterocycles. The van der Waals surface area contributed by atoms with E-state index in [1.165, 1.54) is 42.1 Å². The molecule has 0 saturated heterocycles. The first-order valence-electron chi connectivity index (χ1n) is 9.29. The van der Waals surface area contributed by atoms with E-state index in [0.717, 1.165) is 36.2 Å². The standard InChI is InChI=1S/C19H25BrN2O2S/c20-16-5-8-18-15(9-10-21-25(23,24)17-6-7-17)13-22(19(18)11-16)12-14-3-1-2-4-14/h5,8,11,13-14,17,21H,1-4,6-7,9-10,12H2. The van der Waals surface area contributed by atoms with Crippen LogP contribution < -0.4 is 4.72 Å². The van der Waals surface area contributed by atoms with E-state index in [9.17, 15) is 8.42 Å². The van der Waals surface area contributed by atoms with Crippen LogP contribution in [-0.2, 0) is 23.0 Å². The molecule has 0 atom stereocenters. The van der Waals surface area contributed by atoms with Crippen LogP contribution in [0.3, 0.4) is 0 Å². The second-order valence-corrected chi connectivity index (χ2v) is 10.5. The van der Waals surface area contributed by atoms with E-state index in [1.54, 1.807) is 0 Å². The summed E-state index contributed by atoms with van der Waals surface area (Å²) in [5, 5.41) is 1.10. The second-order valence-electron chi connectivity index (χ2n) is 7.51. The van der Waals surface area contributed by atoms with Crippen molar-refractivity contribution in [3.05, 3.63) is 34.4 Å². The first-order valence-corrected chi connectivity index (χ1v) is 11.6. The van der Waals surface area contributed by atoms with Gasteiger partial charge in [0.05, 0.1) is 5.25 Å². The highest BCUT2D eigenvalue weighted by atomic mass is 79.9. The number of benzene rings is 1. The van der Waals surface area contributed by atoms with Gasteiger partial charge in [-0.25, -0.2) is 13.1 Å². The molecule has 0 amide bonds. The lowest BCUT2D eigenvalue weighted by Crippen LogP contribution is -2.29. The number of halogens is 1. The van der Waals surface area contributed by atoms with Crippen molar-refractivity contribution < 1.29 is 8.42 Å². The van der Waals surface area contributed by atoms with Gasteiger partial charge in [0.15, 0.2) is 0 Å². The van der Waals surface area contributed by atoms with Crippen LogP contribution in [0.5, 0.6) is 0 Å². The molecule has 1 aromatic heterocycles. The second kappa shape index (κ2) is 7.05. The maximum absolute atomic E-state index is 12.0. The summed E-state index contributed by atoms with van der Waals surface area (Å²) in [5.74, 6) is 0.774. The fourth-order valence-electron chi connectivity index (χ4n) is 3.99. The van der Waals surface area contributed by atoms with Gasteiger partial charge in [-0.05, 0) is 55.7 Å². The molecule has 0 bridgehead atoms. The monoisotopic (exact) mass is 424 g/mol. The number of sulfonamides is 1. The number of hydrogen-bond donors (Lipinski definition) is 1. The van der Waals surface area contributed by atoms with Crippen molar-refractivity contribution in [3.63, 3.8) is 0 Å². The van der Waals surface area contributed by atoms with Crippen molar-refractivity contribution in [2.24, 2.45) is 5.92 Å². The Morgan fingerprint density at radius 3 is 2.64 bits per heavy atom. The maximum atomic E-state index is 12.0. The molecule has 1 N–H and O–H groups in total. The topological polar surface area (TPSA) is 51.1 Å². The summed E-state index contributed by atoms with van der Waals surface area (Å²) in [4.78, 5) is 0. The highest BCUT2D eigenvalue weighted by Crippen LogP contribution is 2.31. The number of nitrogens with zero attached hydrogens (tertiary/aromatic N) is 1. The van der Waals surface area contributed by atoms with Crippen molar-refractivity contribution >= 4 is 36.9 Å². The first kappa shape index (κ1) is 17.6. The summed E-state index contributed by atoms with van der Waals surface area (Å²) in [6, 6.07) is 6.40. The average molecular weight is 425 g/mol. The van der Waals surface area contributed by atoms with Crippen LogP contribution in [0.1, 0.15) is 44.1 Å². The summed E-state index contributed by atoms with van der Waals surface area (Å²) in [5.41, 5.74) is 2.49. The highest BCUT2D eigenvalue weighted by molar-refractivity contribution is 9.10. The zero-order valence-electron chi connectivity index (χ0n) is 14.4. The predicted octanol–water partition coefficient (Wildman–Crippen LogP) is 4.22. The van der Waals surface area contributed by atoms with E-state index in [4.69, 9.17) is 0 Å². The van der Waals surface area contributed by atoms with Crippen molar-refractivity contribution in [1.82, 2.24) is 9.29 Å². The average Bonchev–Trinajstić information content (AvgIpc) is 3.24. The van der Waals surface area contributed by atoms with Crippen LogP contribution in [-0.4, -0.2) is 24.8 Å². The van der Waals surface area contributed by atoms with Crippen LogP contribution >= 0.6 is 15.9 Å². The Kier molecular flexibility index (Phi) is 4.95. The summed E-state index contributed by atoms with van der Waals surface area (Å²) < 4.78 is 30.3. The molecule has 2 fully saturated rings. The normalized spacial score (nSPS) is 19.1. The smallest absolute Gasteiger partial charge is 0.214 e. The van der Waals surface area contributed by atoms with Gasteiger partial charge in [0, 0.05) is 34.7 Å². The number of aromatic nitrogens is 1. The predicted molar refractivity (Wildman–Crippen MR) is 105 cm³/mol. The summed E-state index contributed by atoms with van der Waals surface area (Å²) in [7, 11) is -3.09. The SMILES string of the molecule is O=S(=O)(NCCc1cn(CC2CCCC2)c2cc(Br)ccc12)C1CC1. The lowest BCUT2D eigenvalue weighted by Gasteiger charge is -2.11. The van der Waals surface area contributed by atoms with Gasteiger partial charge < -0.3 is 4.57 Å². The number of nitrogens with one attached hydrogen (secondary N) is 1. The fraction of sp³-hybridized carbons (Fsp3) is 0.579. The first-order chi connectivity index (χ1) is 12.0. The fourth-order valence-corrected chi connectivity index (χ4v) is 5.71. The third-order valence-corrected chi connectivity index (χ3v) is 7.97. The zero-order chi connectivity index (χ0) is 17.4. The van der Waals surface area contributed by atoms with E-state index in [-0.39, 0.29) is 5.25 Å². The van der Waals surface area contributed by atoms with Gasteiger partial charge in [-0.2, -0.15) is 0 Å². The molecule has 4 rings (SSSR count). The Balaban J connectivity index is 1.53. The molecular formula is C19H25BrN2O2S. The summed E-state index contributed by atoms with van der Waals surface area (Å²) in [6.45, 7) is 1.55. The molecule has 136 valence electrons. The van der Waals surface area contributed by atoms with Gasteiger partial charge in [-0.3, -0.25) is 0 Å². The minimum atomic E-state index is -3.09. The Morgan fingerprint density at radius 1 is 1.16 bits per heavy atom. The van der Waals surface area contributed by atoms with E-state index in [2.05, 4.69) is 49.6 Å². The van der Waals surface area contributed by atoms with Crippen molar-refractivity contribution in [3.8, 4) is 0 Å². The molecule has 0 unspecified atom stereocenters. The van der Waals surface area contributed by atoms with Crippen LogP contribution in [0.4, 0.5) is 0 Å². The molecule has 25 heavy (non-hydrogen) atoms. The molecule has 2 aliphatic carbocycles. The molecule has 2 saturated carbocycles. The van der Waals surface area contributed by atoms with E-state index < -0.39 is 10.0 Å². The van der Waals surface area contributed by atoms with Gasteiger partial charge in [0.2, 0.25) is 10.0 Å². The molecular weight excluding hydrogens is 400 g/mol. The van der Waals surface area contributed by atoms with Gasteiger partial charge in [0.25, 0.3) is 0 Å². The van der Waals surface area contributed by atoms with Crippen LogP contribution in [0.25, 0.3) is 10.9 Å². The van der Waals surface area contributed by atoms with Crippen molar-refractivity contribution in [2.45, 2.75) is 56.7 Å². The van der Waals surface area contributed by atoms with Crippen molar-refractivity contribution in [1.29, 1.82) is 0 Å². The van der Waals surface area contributed by atoms with Crippen molar-refractivity contribution in [2.75, 3.05) is 6.54 Å². The Bertz CT molecular complexity index is 865. The molecule has 2 aromatic rings. The molecule has 0 spiro atoms. The largest absolute Gasteiger partial charge is 0.347 e. The summed E-state index contributed by atoms with van der Waals surface area (Å²) >= 11 is 3.59. The zero-order valence-corrected chi connectivity index (χ0v) is 16.8. The lowest BCUT2D eigenvalue weighted by atomic mass is 10.1. The van der Waals surface area contributed by atoms with Crippen LogP contribution in [0.15, 0.2) is 28.9 Å². The highest BCUT2D eigenvalue weighted by Gasteiger charge is 2.35. The number of hydrogen-bond acceptors (Lipinski definition) is 2. The minimum absolute atomic E-state index is 0.146. The third-order valence-electron chi connectivity index (χ3n) is 5.52. The number of fused-ring (bicyclic) bond motifs is 1. The quantitative estimate of drug-likeness (QED) is 0.722. The molecule has 1 heterocycles. The third kappa shape index (κ3) is 3.96. The van der Waals surface area contributed by atoms with Gasteiger partial charge in [-0.1, -0.05) is 34.8 Å². The molecule has 2 aliphatic rings. The summed E-state index contributed by atoms with van der Waals surface area (Å²) in [6.07, 6.45) is 9.94. The lowest BCUT2D eigenvalue weighted by molar-refractivity contribution is 0.465. The van der Waals surface area contributed by atoms with Crippen LogP contribution in [0.2, 0.25) is 0 Å². The molecule has 6 heteroatoms. The Hall–Kier alpha value is -0.850. The van der Waals surface area contributed by atoms with Gasteiger partial charge >= 0.3 is 0 Å². The van der Waals surface area contributed by atoms with Gasteiger partial charge in [-0.15, -0.1) is 0 Å². The van der Waals surface area contributed by atoms with E-state index >= 15 is 0 Å². The van der Waals surface area contributed by atoms with Gasteiger partial charge in [0.1, 0.15) is 0 Å². The van der Waals surface area contributed by atoms with E-state index in [0.29, 0.717) is 6.54 Å². The minimum Gasteiger partial charge on any atom is -0.347 e. The number of rotatable bonds is 7. The van der Waals surface area contributed by atoms with Crippen LogP contribution in [0, 0.1) is 5.92 Å². The Labute approximate surface area is 158 Å². The Morgan fingerprint density at radius 2 is 1.92 bits per heavy atom. The molecule has 0 radical (unpaired) electrons. The maximum Gasteiger partial charge on any atom is 0.214 e. The molecule has 4 nitrogen and oxygen atoms in total.